The number of anilines is 1. The first-order chi connectivity index (χ1) is 11.8. The zero-order valence-corrected chi connectivity index (χ0v) is 14.1. The first-order valence-corrected chi connectivity index (χ1v) is 9.30. The van der Waals surface area contributed by atoms with E-state index in [2.05, 4.69) is 13.3 Å². The van der Waals surface area contributed by atoms with E-state index in [0.29, 0.717) is 0 Å². The van der Waals surface area contributed by atoms with E-state index in [1.165, 1.54) is 6.07 Å². The molecule has 1 aromatic carbocycles. The van der Waals surface area contributed by atoms with Crippen LogP contribution < -0.4 is 16.0 Å². The average Bonchev–Trinajstić information content (AvgIpc) is 2.95. The molecule has 0 amide bonds. The van der Waals surface area contributed by atoms with Gasteiger partial charge in [0.05, 0.1) is 0 Å². The molecular formula is C12H14N4O8Se. The van der Waals surface area contributed by atoms with Gasteiger partial charge in [0.25, 0.3) is 0 Å². The van der Waals surface area contributed by atoms with Crippen molar-refractivity contribution in [2.45, 2.75) is 30.6 Å². The second-order valence-electron chi connectivity index (χ2n) is 5.40. The summed E-state index contributed by atoms with van der Waals surface area (Å²) in [6.45, 7) is -0.605. The SMILES string of the molecule is O=[N+]([O-])c1ccc(N[C@H]2C(O)O[C@H](CO)[C@@H](O)[C@@H]2O)c2c1=N[Se](=O)N=2. The molecule has 2 heterocycles. The van der Waals surface area contributed by atoms with Gasteiger partial charge >= 0.3 is 143 Å². The molecule has 0 radical (unpaired) electrons. The molecule has 0 spiro atoms. The van der Waals surface area contributed by atoms with Crippen molar-refractivity contribution < 1.29 is 33.9 Å². The Morgan fingerprint density at radius 3 is 2.56 bits per heavy atom. The summed E-state index contributed by atoms with van der Waals surface area (Å²) in [5, 5.41) is 52.6. The van der Waals surface area contributed by atoms with E-state index in [4.69, 9.17) is 9.84 Å². The Hall–Kier alpha value is -1.86. The number of nitro benzene ring substituents is 1. The normalized spacial score (nSPS) is 33.9. The predicted octanol–water partition coefficient (Wildman–Crippen LogP) is -3.53. The Morgan fingerprint density at radius 2 is 1.92 bits per heavy atom. The Labute approximate surface area is 143 Å². The van der Waals surface area contributed by atoms with Gasteiger partial charge in [-0.2, -0.15) is 0 Å². The summed E-state index contributed by atoms with van der Waals surface area (Å²) in [7, 11) is 0. The van der Waals surface area contributed by atoms with Gasteiger partial charge in [-0.05, 0) is 0 Å². The third kappa shape index (κ3) is 3.18. The van der Waals surface area contributed by atoms with Gasteiger partial charge in [-0.3, -0.25) is 0 Å². The fourth-order valence-electron chi connectivity index (χ4n) is 2.62. The van der Waals surface area contributed by atoms with Gasteiger partial charge in [0.2, 0.25) is 0 Å². The molecule has 0 aromatic heterocycles. The van der Waals surface area contributed by atoms with E-state index in [9.17, 15) is 29.3 Å². The van der Waals surface area contributed by atoms with E-state index in [1.807, 2.05) is 0 Å². The topological polar surface area (TPSA) is 187 Å². The van der Waals surface area contributed by atoms with Crippen LogP contribution in [0.25, 0.3) is 0 Å². The number of aliphatic hydroxyl groups is 4. The molecule has 13 heteroatoms. The Kier molecular flexibility index (Phi) is 4.88. The number of hydrogen-bond donors (Lipinski definition) is 5. The van der Waals surface area contributed by atoms with Gasteiger partial charge in [0, 0.05) is 0 Å². The first kappa shape index (κ1) is 17.9. The fraction of sp³-hybridized carbons (Fsp3) is 0.500. The minimum absolute atomic E-state index is 0.0210. The van der Waals surface area contributed by atoms with Crippen LogP contribution in [0.3, 0.4) is 0 Å². The summed E-state index contributed by atoms with van der Waals surface area (Å²) in [5.41, 5.74) is -0.236. The molecule has 2 aliphatic heterocycles. The van der Waals surface area contributed by atoms with Crippen LogP contribution in [-0.2, 0) is 8.57 Å². The van der Waals surface area contributed by atoms with Crippen molar-refractivity contribution in [2.24, 2.45) is 8.02 Å². The molecule has 1 aromatic rings. The number of rotatable bonds is 4. The molecule has 0 saturated carbocycles. The van der Waals surface area contributed by atoms with Crippen molar-refractivity contribution in [3.05, 3.63) is 33.0 Å². The number of nitrogens with one attached hydrogen (secondary N) is 1. The molecule has 0 aliphatic carbocycles. The number of aliphatic hydroxyl groups excluding tert-OH is 4. The molecule has 5 N–H and O–H groups in total. The minimum atomic E-state index is -2.99. The van der Waals surface area contributed by atoms with Crippen LogP contribution in [0.5, 0.6) is 0 Å². The van der Waals surface area contributed by atoms with Gasteiger partial charge in [-0.1, -0.05) is 0 Å². The zero-order chi connectivity index (χ0) is 18.3. The molecular weight excluding hydrogens is 407 g/mol. The van der Waals surface area contributed by atoms with Gasteiger partial charge in [-0.25, -0.2) is 0 Å². The summed E-state index contributed by atoms with van der Waals surface area (Å²) >= 11 is -2.99. The van der Waals surface area contributed by atoms with Crippen LogP contribution in [0.4, 0.5) is 11.4 Å². The molecule has 12 nitrogen and oxygen atoms in total. The molecule has 3 rings (SSSR count). The van der Waals surface area contributed by atoms with E-state index in [1.54, 1.807) is 0 Å². The van der Waals surface area contributed by atoms with Crippen LogP contribution in [0.15, 0.2) is 20.2 Å². The molecule has 2 unspecified atom stereocenters. The van der Waals surface area contributed by atoms with Gasteiger partial charge in [0.15, 0.2) is 0 Å². The maximum absolute atomic E-state index is 11.6. The van der Waals surface area contributed by atoms with Crippen molar-refractivity contribution in [1.82, 2.24) is 0 Å². The van der Waals surface area contributed by atoms with E-state index in [0.717, 1.165) is 6.07 Å². The molecule has 2 aliphatic rings. The maximum atomic E-state index is 11.6. The third-order valence-electron chi connectivity index (χ3n) is 3.89. The van der Waals surface area contributed by atoms with Gasteiger partial charge in [-0.15, -0.1) is 0 Å². The third-order valence-corrected chi connectivity index (χ3v) is 5.31. The Bertz CT molecular complexity index is 848. The monoisotopic (exact) mass is 422 g/mol. The molecule has 1 fully saturated rings. The van der Waals surface area contributed by atoms with Crippen LogP contribution >= 0.6 is 0 Å². The predicted molar refractivity (Wildman–Crippen MR) is 79.2 cm³/mol. The molecule has 1 saturated heterocycles. The summed E-state index contributed by atoms with van der Waals surface area (Å²) in [6.07, 6.45) is -5.73. The van der Waals surface area contributed by atoms with Gasteiger partial charge < -0.3 is 0 Å². The van der Waals surface area contributed by atoms with Crippen LogP contribution in [0.2, 0.25) is 0 Å². The number of ether oxygens (including phenoxy) is 1. The second-order valence-corrected chi connectivity index (χ2v) is 7.13. The second kappa shape index (κ2) is 6.80. The van der Waals surface area contributed by atoms with Crippen LogP contribution in [-0.4, -0.2) is 76.9 Å². The van der Waals surface area contributed by atoms with Crippen molar-refractivity contribution in [1.29, 1.82) is 0 Å². The molecule has 25 heavy (non-hydrogen) atoms. The van der Waals surface area contributed by atoms with Crippen molar-refractivity contribution in [3.63, 3.8) is 0 Å². The quantitative estimate of drug-likeness (QED) is 0.187. The summed E-state index contributed by atoms with van der Waals surface area (Å²) in [5.74, 6) is 0. The zero-order valence-electron chi connectivity index (χ0n) is 12.4. The van der Waals surface area contributed by atoms with Crippen LogP contribution in [0, 0.1) is 10.1 Å². The van der Waals surface area contributed by atoms with E-state index in [-0.39, 0.29) is 22.1 Å². The average molecular weight is 421 g/mol. The molecule has 6 atom stereocenters. The first-order valence-electron chi connectivity index (χ1n) is 7.07. The van der Waals surface area contributed by atoms with Crippen molar-refractivity contribution in [3.8, 4) is 0 Å². The number of non-ortho nitro benzene ring substituents is 1. The van der Waals surface area contributed by atoms with E-state index < -0.39 is 56.4 Å². The van der Waals surface area contributed by atoms with Crippen molar-refractivity contribution in [2.75, 3.05) is 11.9 Å². The molecule has 0 bridgehead atoms. The number of benzene rings is 1. The Morgan fingerprint density at radius 1 is 1.24 bits per heavy atom. The standard InChI is InChI=1S/C12H14N4O8Se/c17-3-6-10(18)11(19)9(12(20)24-6)13-4-1-2-5(16(21)22)8-7(4)14-25(23)15-8/h1-2,6,9-13,17-20H,3H2/t6-,9-,10-,11-,12?,25?/m1/s1. The molecule has 136 valence electrons. The summed E-state index contributed by atoms with van der Waals surface area (Å²) in [6, 6.07) is 1.17. The van der Waals surface area contributed by atoms with E-state index >= 15 is 0 Å². The fourth-order valence-corrected chi connectivity index (χ4v) is 4.13. The Balaban J connectivity index is 1.97. The van der Waals surface area contributed by atoms with Gasteiger partial charge in [0.1, 0.15) is 0 Å². The summed E-state index contributed by atoms with van der Waals surface area (Å²) in [4.78, 5) is 10.3. The van der Waals surface area contributed by atoms with Crippen molar-refractivity contribution >= 4 is 25.6 Å². The number of nitrogens with zero attached hydrogens (tertiary/aromatic N) is 3. The summed E-state index contributed by atoms with van der Waals surface area (Å²) < 4.78 is 24.1. The van der Waals surface area contributed by atoms with Crippen LogP contribution in [0.1, 0.15) is 0 Å². The number of nitro groups is 1. The number of fused-ring (bicyclic) bond motifs is 1. The number of hydrogen-bond acceptors (Lipinski definition) is 9.